The third-order valence-electron chi connectivity index (χ3n) is 3.76. The molecule has 0 spiro atoms. The molecule has 0 radical (unpaired) electrons. The van der Waals surface area contributed by atoms with Gasteiger partial charge in [-0.05, 0) is 50.1 Å². The van der Waals surface area contributed by atoms with Crippen LogP contribution in [-0.2, 0) is 11.3 Å². The van der Waals surface area contributed by atoms with Gasteiger partial charge in [0, 0.05) is 6.54 Å². The fraction of sp³-hybridized carbons (Fsp3) is 0.381. The molecule has 1 amide bonds. The molecule has 0 aliphatic heterocycles. The second-order valence-electron chi connectivity index (χ2n) is 5.69. The van der Waals surface area contributed by atoms with E-state index in [4.69, 9.17) is 14.2 Å². The van der Waals surface area contributed by atoms with Crippen molar-refractivity contribution in [2.24, 2.45) is 0 Å². The van der Waals surface area contributed by atoms with Crippen LogP contribution in [-0.4, -0.2) is 25.2 Å². The lowest BCUT2D eigenvalue weighted by Crippen LogP contribution is -2.37. The van der Waals surface area contributed by atoms with Gasteiger partial charge in [0.2, 0.25) is 0 Å². The molecule has 1 atom stereocenters. The van der Waals surface area contributed by atoms with Crippen molar-refractivity contribution in [1.29, 1.82) is 0 Å². The van der Waals surface area contributed by atoms with Gasteiger partial charge in [0.25, 0.3) is 5.91 Å². The van der Waals surface area contributed by atoms with Crippen molar-refractivity contribution in [3.05, 3.63) is 54.1 Å². The van der Waals surface area contributed by atoms with Crippen LogP contribution < -0.4 is 19.5 Å². The molecule has 26 heavy (non-hydrogen) atoms. The normalized spacial score (nSPS) is 11.5. The highest BCUT2D eigenvalue weighted by Crippen LogP contribution is 2.28. The molecule has 140 valence electrons. The molecule has 5 nitrogen and oxygen atoms in total. The van der Waals surface area contributed by atoms with Crippen LogP contribution in [0.1, 0.15) is 32.8 Å². The number of amides is 1. The molecule has 0 aliphatic carbocycles. The molecule has 2 aromatic carbocycles. The summed E-state index contributed by atoms with van der Waals surface area (Å²) in [6.07, 6.45) is 0.0697. The van der Waals surface area contributed by atoms with Crippen molar-refractivity contribution in [2.45, 2.75) is 39.8 Å². The van der Waals surface area contributed by atoms with E-state index in [0.717, 1.165) is 5.56 Å². The van der Waals surface area contributed by atoms with Gasteiger partial charge in [-0.3, -0.25) is 4.79 Å². The molecule has 2 aromatic rings. The zero-order valence-electron chi connectivity index (χ0n) is 15.7. The molecule has 0 bridgehead atoms. The summed E-state index contributed by atoms with van der Waals surface area (Å²) in [5.74, 6) is 1.95. The van der Waals surface area contributed by atoms with Crippen LogP contribution in [0.2, 0.25) is 0 Å². The highest BCUT2D eigenvalue weighted by atomic mass is 16.5. The Morgan fingerprint density at radius 2 is 1.65 bits per heavy atom. The summed E-state index contributed by atoms with van der Waals surface area (Å²) in [6.45, 7) is 7.32. The molecule has 0 fully saturated rings. The fourth-order valence-corrected chi connectivity index (χ4v) is 2.49. The first-order valence-corrected chi connectivity index (χ1v) is 9.05. The van der Waals surface area contributed by atoms with Crippen LogP contribution >= 0.6 is 0 Å². The number of benzene rings is 2. The van der Waals surface area contributed by atoms with Gasteiger partial charge in [-0.15, -0.1) is 0 Å². The lowest BCUT2D eigenvalue weighted by atomic mass is 10.2. The van der Waals surface area contributed by atoms with Crippen molar-refractivity contribution in [3.63, 3.8) is 0 Å². The Morgan fingerprint density at radius 1 is 0.962 bits per heavy atom. The van der Waals surface area contributed by atoms with Crippen LogP contribution in [0.4, 0.5) is 0 Å². The molecule has 1 N–H and O–H groups in total. The predicted octanol–water partition coefficient (Wildman–Crippen LogP) is 3.96. The van der Waals surface area contributed by atoms with Crippen molar-refractivity contribution in [2.75, 3.05) is 13.2 Å². The monoisotopic (exact) mass is 357 g/mol. The van der Waals surface area contributed by atoms with Crippen LogP contribution in [0.15, 0.2) is 48.5 Å². The van der Waals surface area contributed by atoms with Crippen LogP contribution in [0.3, 0.4) is 0 Å². The molecule has 0 saturated heterocycles. The third-order valence-corrected chi connectivity index (χ3v) is 3.76. The molecule has 0 saturated carbocycles. The van der Waals surface area contributed by atoms with E-state index in [1.807, 2.05) is 69.3 Å². The summed E-state index contributed by atoms with van der Waals surface area (Å²) in [5, 5.41) is 2.93. The largest absolute Gasteiger partial charge is 0.490 e. The minimum atomic E-state index is -0.522. The van der Waals surface area contributed by atoms with Gasteiger partial charge >= 0.3 is 0 Å². The molecular weight excluding hydrogens is 330 g/mol. The number of hydrogen-bond acceptors (Lipinski definition) is 4. The first-order valence-electron chi connectivity index (χ1n) is 9.05. The van der Waals surface area contributed by atoms with E-state index in [0.29, 0.717) is 43.4 Å². The predicted molar refractivity (Wildman–Crippen MR) is 102 cm³/mol. The molecule has 0 aliphatic rings. The third kappa shape index (κ3) is 5.69. The zero-order chi connectivity index (χ0) is 18.8. The molecule has 0 heterocycles. The molecule has 2 rings (SSSR count). The summed E-state index contributed by atoms with van der Waals surface area (Å²) in [5.41, 5.74) is 0.944. The number of carbonyl (C=O) groups is 1. The van der Waals surface area contributed by atoms with E-state index < -0.39 is 6.10 Å². The molecule has 5 heteroatoms. The maximum Gasteiger partial charge on any atom is 0.261 e. The number of para-hydroxylation sites is 1. The Kier molecular flexibility index (Phi) is 7.80. The Balaban J connectivity index is 1.97. The van der Waals surface area contributed by atoms with Crippen molar-refractivity contribution >= 4 is 5.91 Å². The Labute approximate surface area is 155 Å². The van der Waals surface area contributed by atoms with Crippen molar-refractivity contribution in [3.8, 4) is 17.2 Å². The number of nitrogens with one attached hydrogen (secondary N) is 1. The fourth-order valence-electron chi connectivity index (χ4n) is 2.49. The standard InChI is InChI=1S/C21H27NO4/c1-4-18(26-17-10-8-7-9-11-17)21(23)22-15-16-12-13-19(24-5-2)20(14-16)25-6-3/h7-14,18H,4-6,15H2,1-3H3,(H,22,23). The summed E-state index contributed by atoms with van der Waals surface area (Å²) in [6, 6.07) is 15.1. The maximum absolute atomic E-state index is 12.4. The number of carbonyl (C=O) groups excluding carboxylic acids is 1. The highest BCUT2D eigenvalue weighted by Gasteiger charge is 2.18. The average molecular weight is 357 g/mol. The Hall–Kier alpha value is -2.69. The highest BCUT2D eigenvalue weighted by molar-refractivity contribution is 5.81. The van der Waals surface area contributed by atoms with Gasteiger partial charge in [0.15, 0.2) is 17.6 Å². The second kappa shape index (κ2) is 10.3. The average Bonchev–Trinajstić information content (AvgIpc) is 2.67. The van der Waals surface area contributed by atoms with Gasteiger partial charge in [0.1, 0.15) is 5.75 Å². The zero-order valence-corrected chi connectivity index (χ0v) is 15.7. The lowest BCUT2D eigenvalue weighted by Gasteiger charge is -2.18. The van der Waals surface area contributed by atoms with Gasteiger partial charge in [-0.1, -0.05) is 31.2 Å². The number of hydrogen-bond donors (Lipinski definition) is 1. The van der Waals surface area contributed by atoms with Crippen LogP contribution in [0.5, 0.6) is 17.2 Å². The van der Waals surface area contributed by atoms with E-state index >= 15 is 0 Å². The van der Waals surface area contributed by atoms with E-state index in [9.17, 15) is 4.79 Å². The van der Waals surface area contributed by atoms with Crippen LogP contribution in [0.25, 0.3) is 0 Å². The smallest absolute Gasteiger partial charge is 0.261 e. The minimum Gasteiger partial charge on any atom is -0.490 e. The second-order valence-corrected chi connectivity index (χ2v) is 5.69. The number of ether oxygens (including phenoxy) is 3. The van der Waals surface area contributed by atoms with E-state index in [1.165, 1.54) is 0 Å². The topological polar surface area (TPSA) is 56.8 Å². The van der Waals surface area contributed by atoms with Gasteiger partial charge in [-0.25, -0.2) is 0 Å². The van der Waals surface area contributed by atoms with Gasteiger partial charge in [0.05, 0.1) is 13.2 Å². The van der Waals surface area contributed by atoms with Crippen molar-refractivity contribution in [1.82, 2.24) is 5.32 Å². The first kappa shape index (κ1) is 19.6. The first-order chi connectivity index (χ1) is 12.7. The van der Waals surface area contributed by atoms with Gasteiger partial charge in [-0.2, -0.15) is 0 Å². The van der Waals surface area contributed by atoms with Crippen molar-refractivity contribution < 1.29 is 19.0 Å². The number of rotatable bonds is 10. The lowest BCUT2D eigenvalue weighted by molar-refractivity contribution is -0.128. The van der Waals surface area contributed by atoms with Crippen LogP contribution in [0, 0.1) is 0 Å². The van der Waals surface area contributed by atoms with Gasteiger partial charge < -0.3 is 19.5 Å². The minimum absolute atomic E-state index is 0.136. The SMILES string of the molecule is CCOc1ccc(CNC(=O)C(CC)Oc2ccccc2)cc1OCC. The molecular formula is C21H27NO4. The molecule has 0 aromatic heterocycles. The van der Waals surface area contributed by atoms with E-state index in [-0.39, 0.29) is 5.91 Å². The Morgan fingerprint density at radius 3 is 2.31 bits per heavy atom. The van der Waals surface area contributed by atoms with E-state index in [2.05, 4.69) is 5.32 Å². The molecule has 1 unspecified atom stereocenters. The summed E-state index contributed by atoms with van der Waals surface area (Å²) >= 11 is 0. The maximum atomic E-state index is 12.4. The summed E-state index contributed by atoms with van der Waals surface area (Å²) < 4.78 is 17.0. The quantitative estimate of drug-likeness (QED) is 0.699. The van der Waals surface area contributed by atoms with E-state index in [1.54, 1.807) is 0 Å². The summed E-state index contributed by atoms with van der Waals surface area (Å²) in [4.78, 5) is 12.4. The Bertz CT molecular complexity index is 688. The summed E-state index contributed by atoms with van der Waals surface area (Å²) in [7, 11) is 0.